The Morgan fingerprint density at radius 2 is 2.23 bits per heavy atom. The number of rotatable bonds is 7. The molecule has 120 valence electrons. The summed E-state index contributed by atoms with van der Waals surface area (Å²) in [5, 5.41) is 0. The maximum Gasteiger partial charge on any atom is 0.0101 e. The van der Waals surface area contributed by atoms with Gasteiger partial charge in [0.05, 0.1) is 0 Å². The van der Waals surface area contributed by atoms with Crippen LogP contribution in [0, 0.1) is 12.3 Å². The second-order valence-corrected chi connectivity index (χ2v) is 6.16. The van der Waals surface area contributed by atoms with E-state index in [0.29, 0.717) is 6.04 Å². The zero-order valence-electron chi connectivity index (χ0n) is 14.9. The molecule has 0 saturated carbocycles. The van der Waals surface area contributed by atoms with Gasteiger partial charge < -0.3 is 4.90 Å². The molecule has 1 aliphatic rings. The van der Waals surface area contributed by atoms with E-state index in [-0.39, 0.29) is 0 Å². The van der Waals surface area contributed by atoms with Gasteiger partial charge in [0.25, 0.3) is 0 Å². The van der Waals surface area contributed by atoms with Gasteiger partial charge in [0.1, 0.15) is 0 Å². The normalized spacial score (nSPS) is 17.9. The molecule has 0 aromatic carbocycles. The Kier molecular flexibility index (Phi) is 7.99. The van der Waals surface area contributed by atoms with Crippen molar-refractivity contribution in [3.63, 3.8) is 0 Å². The molecule has 1 atom stereocenters. The van der Waals surface area contributed by atoms with Gasteiger partial charge in [-0.25, -0.2) is 0 Å². The molecule has 1 heteroatoms. The standard InChI is InChI=1S/C21H31N/c1-7-10-12-19(8-2)16-21-14-11-13-20(18(21)5)15-17(4)22(6)9-3/h1,8,10,12,14,17H,9,11,13,15-16H2,2-6H3/b12-10-,19-8+. The smallest absolute Gasteiger partial charge is 0.0101 e. The SMILES string of the molecule is C#C/C=C\C(=C/C)CC1=CCCC(CC(C)N(C)CC)=C1C. The van der Waals surface area contributed by atoms with Crippen LogP contribution in [0.1, 0.15) is 53.4 Å². The molecule has 0 fully saturated rings. The first-order chi connectivity index (χ1) is 10.5. The van der Waals surface area contributed by atoms with Crippen molar-refractivity contribution >= 4 is 0 Å². The Morgan fingerprint density at radius 1 is 1.50 bits per heavy atom. The number of hydrogen-bond acceptors (Lipinski definition) is 1. The van der Waals surface area contributed by atoms with Crippen LogP contribution in [-0.2, 0) is 0 Å². The lowest BCUT2D eigenvalue weighted by Crippen LogP contribution is -2.29. The minimum absolute atomic E-state index is 0.608. The monoisotopic (exact) mass is 297 g/mol. The highest BCUT2D eigenvalue weighted by Gasteiger charge is 2.16. The first kappa shape index (κ1) is 18.5. The molecule has 1 unspecified atom stereocenters. The summed E-state index contributed by atoms with van der Waals surface area (Å²) < 4.78 is 0. The Labute approximate surface area is 137 Å². The molecule has 0 saturated heterocycles. The summed E-state index contributed by atoms with van der Waals surface area (Å²) in [6.07, 6.45) is 18.3. The van der Waals surface area contributed by atoms with Gasteiger partial charge >= 0.3 is 0 Å². The minimum atomic E-state index is 0.608. The molecule has 1 nitrogen and oxygen atoms in total. The van der Waals surface area contributed by atoms with Crippen LogP contribution in [0.5, 0.6) is 0 Å². The third-order valence-electron chi connectivity index (χ3n) is 4.80. The molecule has 0 bridgehead atoms. The average molecular weight is 297 g/mol. The Balaban J connectivity index is 2.84. The number of terminal acetylenes is 1. The van der Waals surface area contributed by atoms with Crippen molar-refractivity contribution in [1.82, 2.24) is 4.90 Å². The minimum Gasteiger partial charge on any atom is -0.304 e. The van der Waals surface area contributed by atoms with Crippen LogP contribution < -0.4 is 0 Å². The summed E-state index contributed by atoms with van der Waals surface area (Å²) in [5.74, 6) is 2.58. The second-order valence-electron chi connectivity index (χ2n) is 6.16. The summed E-state index contributed by atoms with van der Waals surface area (Å²) in [6, 6.07) is 0.608. The molecular formula is C21H31N. The highest BCUT2D eigenvalue weighted by atomic mass is 15.1. The van der Waals surface area contributed by atoms with Crippen molar-refractivity contribution in [3.05, 3.63) is 46.6 Å². The molecule has 0 spiro atoms. The molecule has 0 aliphatic heterocycles. The molecule has 0 aromatic rings. The van der Waals surface area contributed by atoms with Crippen LogP contribution in [0.4, 0.5) is 0 Å². The average Bonchev–Trinajstić information content (AvgIpc) is 2.53. The van der Waals surface area contributed by atoms with E-state index < -0.39 is 0 Å². The number of nitrogens with zero attached hydrogens (tertiary/aromatic N) is 1. The lowest BCUT2D eigenvalue weighted by Gasteiger charge is -2.27. The van der Waals surface area contributed by atoms with Crippen molar-refractivity contribution < 1.29 is 0 Å². The van der Waals surface area contributed by atoms with Gasteiger partial charge in [-0.15, -0.1) is 6.42 Å². The largest absolute Gasteiger partial charge is 0.304 e. The van der Waals surface area contributed by atoms with E-state index in [0.717, 1.165) is 13.0 Å². The predicted octanol–water partition coefficient (Wildman–Crippen LogP) is 5.28. The maximum absolute atomic E-state index is 5.32. The third-order valence-corrected chi connectivity index (χ3v) is 4.80. The second kappa shape index (κ2) is 9.49. The highest BCUT2D eigenvalue weighted by Crippen LogP contribution is 2.32. The van der Waals surface area contributed by atoms with E-state index in [2.05, 4.69) is 63.8 Å². The maximum atomic E-state index is 5.32. The lowest BCUT2D eigenvalue weighted by atomic mass is 9.85. The van der Waals surface area contributed by atoms with Gasteiger partial charge in [-0.1, -0.05) is 36.6 Å². The van der Waals surface area contributed by atoms with Gasteiger partial charge in [0.15, 0.2) is 0 Å². The summed E-state index contributed by atoms with van der Waals surface area (Å²) in [5.41, 5.74) is 5.89. The van der Waals surface area contributed by atoms with Crippen LogP contribution in [0.2, 0.25) is 0 Å². The van der Waals surface area contributed by atoms with E-state index in [1.165, 1.54) is 36.0 Å². The number of allylic oxidation sites excluding steroid dienone is 7. The fourth-order valence-electron chi connectivity index (χ4n) is 2.90. The lowest BCUT2D eigenvalue weighted by molar-refractivity contribution is 0.267. The Bertz CT molecular complexity index is 523. The van der Waals surface area contributed by atoms with Crippen molar-refractivity contribution in [2.24, 2.45) is 0 Å². The summed E-state index contributed by atoms with van der Waals surface area (Å²) >= 11 is 0. The third kappa shape index (κ3) is 5.35. The molecule has 0 N–H and O–H groups in total. The Hall–Kier alpha value is -1.52. The number of hydrogen-bond donors (Lipinski definition) is 0. The van der Waals surface area contributed by atoms with Crippen molar-refractivity contribution in [2.45, 2.75) is 59.4 Å². The van der Waals surface area contributed by atoms with Crippen molar-refractivity contribution in [2.75, 3.05) is 13.6 Å². The fourth-order valence-corrected chi connectivity index (χ4v) is 2.90. The molecule has 1 aliphatic carbocycles. The van der Waals surface area contributed by atoms with Gasteiger partial charge in [0.2, 0.25) is 0 Å². The van der Waals surface area contributed by atoms with Crippen LogP contribution in [0.15, 0.2) is 46.6 Å². The van der Waals surface area contributed by atoms with Crippen molar-refractivity contribution in [1.29, 1.82) is 0 Å². The molecule has 1 rings (SSSR count). The van der Waals surface area contributed by atoms with E-state index in [4.69, 9.17) is 6.42 Å². The van der Waals surface area contributed by atoms with Crippen LogP contribution in [0.3, 0.4) is 0 Å². The van der Waals surface area contributed by atoms with Crippen molar-refractivity contribution in [3.8, 4) is 12.3 Å². The summed E-state index contributed by atoms with van der Waals surface area (Å²) in [4.78, 5) is 2.42. The molecule has 0 amide bonds. The van der Waals surface area contributed by atoms with Crippen LogP contribution in [-0.4, -0.2) is 24.5 Å². The van der Waals surface area contributed by atoms with E-state index in [1.807, 2.05) is 0 Å². The van der Waals surface area contributed by atoms with Crippen LogP contribution in [0.25, 0.3) is 0 Å². The molecule has 0 radical (unpaired) electrons. The van der Waals surface area contributed by atoms with Gasteiger partial charge in [-0.2, -0.15) is 0 Å². The summed E-state index contributed by atoms with van der Waals surface area (Å²) in [7, 11) is 2.21. The molecule has 0 aromatic heterocycles. The quantitative estimate of drug-likeness (QED) is 0.456. The zero-order chi connectivity index (χ0) is 16.5. The van der Waals surface area contributed by atoms with Gasteiger partial charge in [0, 0.05) is 6.04 Å². The first-order valence-corrected chi connectivity index (χ1v) is 8.39. The predicted molar refractivity (Wildman–Crippen MR) is 98.7 cm³/mol. The molecular weight excluding hydrogens is 266 g/mol. The topological polar surface area (TPSA) is 3.24 Å². The van der Waals surface area contributed by atoms with Gasteiger partial charge in [-0.3, -0.25) is 0 Å². The molecule has 22 heavy (non-hydrogen) atoms. The summed E-state index contributed by atoms with van der Waals surface area (Å²) in [6.45, 7) is 10.0. The zero-order valence-corrected chi connectivity index (χ0v) is 14.9. The van der Waals surface area contributed by atoms with Crippen LogP contribution >= 0.6 is 0 Å². The fraction of sp³-hybridized carbons (Fsp3) is 0.524. The molecule has 0 heterocycles. The van der Waals surface area contributed by atoms with E-state index in [1.54, 1.807) is 11.6 Å². The van der Waals surface area contributed by atoms with Gasteiger partial charge in [-0.05, 0) is 82.8 Å². The highest BCUT2D eigenvalue weighted by molar-refractivity contribution is 5.42. The van der Waals surface area contributed by atoms with E-state index in [9.17, 15) is 0 Å². The van der Waals surface area contributed by atoms with E-state index >= 15 is 0 Å². The Morgan fingerprint density at radius 3 is 2.82 bits per heavy atom. The first-order valence-electron chi connectivity index (χ1n) is 8.39.